The highest BCUT2D eigenvalue weighted by molar-refractivity contribution is 6.19. The minimum atomic E-state index is -1.43. The molecule has 1 rings (SSSR count). The number of nitrogens with zero attached hydrogens (tertiary/aromatic N) is 1. The number of rotatable bonds is 1. The van der Waals surface area contributed by atoms with Crippen LogP contribution in [0.1, 0.15) is 5.56 Å². The molecule has 72 valence electrons. The van der Waals surface area contributed by atoms with Gasteiger partial charge in [0.2, 0.25) is 6.29 Å². The Hall–Kier alpha value is -2.35. The predicted octanol–water partition coefficient (Wildman–Crippen LogP) is 0.410. The van der Waals surface area contributed by atoms with Gasteiger partial charge in [0, 0.05) is 5.69 Å². The zero-order valence-electron chi connectivity index (χ0n) is 7.18. The molecule has 0 aliphatic carbocycles. The number of benzene rings is 1. The first kappa shape index (κ1) is 11.6. The van der Waals surface area contributed by atoms with Crippen molar-refractivity contribution in [3.05, 3.63) is 29.8 Å². The van der Waals surface area contributed by atoms with Gasteiger partial charge in [-0.15, -0.1) is 0 Å². The molecular weight excluding hydrogens is 184 g/mol. The van der Waals surface area contributed by atoms with Gasteiger partial charge >= 0.3 is 5.97 Å². The topological polar surface area (TPSA) is 104 Å². The number of carbonyl (C=O) groups is 2. The zero-order valence-corrected chi connectivity index (χ0v) is 7.18. The number of carboxylic acid groups (broad SMARTS) is 1. The first-order valence-electron chi connectivity index (χ1n) is 3.54. The maximum Gasteiger partial charge on any atom is 0.368 e. The molecule has 0 saturated heterocycles. The summed E-state index contributed by atoms with van der Waals surface area (Å²) in [6.07, 6.45) is -0.167. The van der Waals surface area contributed by atoms with Crippen LogP contribution in [0.15, 0.2) is 24.3 Å². The van der Waals surface area contributed by atoms with E-state index in [4.69, 9.17) is 25.7 Å². The number of aliphatic carboxylic acids is 1. The van der Waals surface area contributed by atoms with Crippen LogP contribution in [0.5, 0.6) is 0 Å². The SMILES string of the molecule is N#Cc1ccc(N)cc1.O=CC(=O)O. The van der Waals surface area contributed by atoms with Gasteiger partial charge in [0.25, 0.3) is 0 Å². The predicted molar refractivity (Wildman–Crippen MR) is 49.3 cm³/mol. The van der Waals surface area contributed by atoms with Crippen LogP contribution in [-0.2, 0) is 9.59 Å². The van der Waals surface area contributed by atoms with Crippen molar-refractivity contribution in [2.75, 3.05) is 5.73 Å². The van der Waals surface area contributed by atoms with Crippen LogP contribution in [0.4, 0.5) is 5.69 Å². The molecule has 0 aliphatic rings. The molecule has 3 N–H and O–H groups in total. The summed E-state index contributed by atoms with van der Waals surface area (Å²) < 4.78 is 0. The molecule has 0 radical (unpaired) electrons. The second kappa shape index (κ2) is 6.20. The largest absolute Gasteiger partial charge is 0.476 e. The summed E-state index contributed by atoms with van der Waals surface area (Å²) in [7, 11) is 0. The summed E-state index contributed by atoms with van der Waals surface area (Å²) in [4.78, 5) is 17.9. The van der Waals surface area contributed by atoms with Gasteiger partial charge in [-0.3, -0.25) is 4.79 Å². The van der Waals surface area contributed by atoms with Gasteiger partial charge in [0.05, 0.1) is 11.6 Å². The summed E-state index contributed by atoms with van der Waals surface area (Å²) >= 11 is 0. The number of nitrogen functional groups attached to an aromatic ring is 1. The molecule has 14 heavy (non-hydrogen) atoms. The number of carboxylic acids is 1. The first-order valence-corrected chi connectivity index (χ1v) is 3.54. The van der Waals surface area contributed by atoms with Crippen molar-refractivity contribution in [3.63, 3.8) is 0 Å². The first-order chi connectivity index (χ1) is 6.60. The van der Waals surface area contributed by atoms with Crippen molar-refractivity contribution in [1.29, 1.82) is 5.26 Å². The van der Waals surface area contributed by atoms with Crippen molar-refractivity contribution in [1.82, 2.24) is 0 Å². The van der Waals surface area contributed by atoms with Crippen molar-refractivity contribution in [2.45, 2.75) is 0 Å². The molecule has 0 aromatic heterocycles. The van der Waals surface area contributed by atoms with E-state index in [9.17, 15) is 0 Å². The van der Waals surface area contributed by atoms with Crippen LogP contribution in [-0.4, -0.2) is 17.4 Å². The van der Waals surface area contributed by atoms with Crippen LogP contribution in [0, 0.1) is 11.3 Å². The van der Waals surface area contributed by atoms with Crippen molar-refractivity contribution < 1.29 is 14.7 Å². The van der Waals surface area contributed by atoms with Gasteiger partial charge in [-0.05, 0) is 24.3 Å². The third-order valence-electron chi connectivity index (χ3n) is 1.14. The molecular formula is C9H8N2O3. The van der Waals surface area contributed by atoms with Crippen molar-refractivity contribution in [2.24, 2.45) is 0 Å². The Kier molecular flexibility index (Phi) is 5.16. The van der Waals surface area contributed by atoms with E-state index in [-0.39, 0.29) is 6.29 Å². The van der Waals surface area contributed by atoms with Gasteiger partial charge < -0.3 is 10.8 Å². The highest BCUT2D eigenvalue weighted by atomic mass is 16.4. The zero-order chi connectivity index (χ0) is 11.0. The lowest BCUT2D eigenvalue weighted by atomic mass is 10.2. The van der Waals surface area contributed by atoms with Gasteiger partial charge in [-0.25, -0.2) is 4.79 Å². The molecule has 0 aliphatic heterocycles. The number of carbonyl (C=O) groups excluding carboxylic acids is 1. The number of anilines is 1. The van der Waals surface area contributed by atoms with Gasteiger partial charge in [0.1, 0.15) is 0 Å². The minimum Gasteiger partial charge on any atom is -0.476 e. The molecule has 5 heteroatoms. The minimum absolute atomic E-state index is 0.167. The molecule has 0 fully saturated rings. The molecule has 5 nitrogen and oxygen atoms in total. The average molecular weight is 192 g/mol. The summed E-state index contributed by atoms with van der Waals surface area (Å²) in [5, 5.41) is 15.7. The summed E-state index contributed by atoms with van der Waals surface area (Å²) in [6, 6.07) is 8.79. The Morgan fingerprint density at radius 3 is 2.14 bits per heavy atom. The third-order valence-corrected chi connectivity index (χ3v) is 1.14. The standard InChI is InChI=1S/C7H6N2.C2H2O3/c8-5-6-1-3-7(9)4-2-6;3-1-2(4)5/h1-4H,9H2;1H,(H,4,5). The molecule has 0 saturated carbocycles. The lowest BCUT2D eigenvalue weighted by Crippen LogP contribution is -1.91. The fraction of sp³-hybridized carbons (Fsp3) is 0. The van der Waals surface area contributed by atoms with Crippen LogP contribution in [0.3, 0.4) is 0 Å². The van der Waals surface area contributed by atoms with E-state index in [1.165, 1.54) is 0 Å². The van der Waals surface area contributed by atoms with E-state index in [2.05, 4.69) is 0 Å². The fourth-order valence-corrected chi connectivity index (χ4v) is 0.558. The van der Waals surface area contributed by atoms with E-state index in [1.807, 2.05) is 6.07 Å². The normalized spacial score (nSPS) is 7.64. The molecule has 1 aromatic carbocycles. The fourth-order valence-electron chi connectivity index (χ4n) is 0.558. The Bertz CT molecular complexity index is 351. The number of nitrogens with two attached hydrogens (primary N) is 1. The summed E-state index contributed by atoms with van der Waals surface area (Å²) in [5.74, 6) is -1.43. The molecule has 0 bridgehead atoms. The molecule has 0 spiro atoms. The maximum atomic E-state index is 9.00. The second-order valence-electron chi connectivity index (χ2n) is 2.19. The van der Waals surface area contributed by atoms with Crippen LogP contribution < -0.4 is 5.73 Å². The van der Waals surface area contributed by atoms with E-state index >= 15 is 0 Å². The van der Waals surface area contributed by atoms with Crippen LogP contribution >= 0.6 is 0 Å². The molecule has 0 atom stereocenters. The maximum absolute atomic E-state index is 9.00. The average Bonchev–Trinajstić information content (AvgIpc) is 2.20. The summed E-state index contributed by atoms with van der Waals surface area (Å²) in [6.45, 7) is 0. The quantitative estimate of drug-likeness (QED) is 0.381. The molecule has 0 heterocycles. The Morgan fingerprint density at radius 1 is 1.43 bits per heavy atom. The second-order valence-corrected chi connectivity index (χ2v) is 2.19. The molecule has 1 aromatic rings. The molecule has 0 unspecified atom stereocenters. The van der Waals surface area contributed by atoms with Gasteiger partial charge in [0.15, 0.2) is 0 Å². The van der Waals surface area contributed by atoms with E-state index in [0.717, 1.165) is 0 Å². The highest BCUT2D eigenvalue weighted by Crippen LogP contribution is 2.02. The lowest BCUT2D eigenvalue weighted by molar-refractivity contribution is -0.143. The Labute approximate surface area is 80.4 Å². The van der Waals surface area contributed by atoms with Crippen molar-refractivity contribution >= 4 is 17.9 Å². The Balaban J connectivity index is 0.000000292. The Morgan fingerprint density at radius 2 is 1.86 bits per heavy atom. The van der Waals surface area contributed by atoms with Crippen LogP contribution in [0.2, 0.25) is 0 Å². The highest BCUT2D eigenvalue weighted by Gasteiger charge is 1.85. The number of hydrogen-bond donors (Lipinski definition) is 2. The number of nitriles is 1. The smallest absolute Gasteiger partial charge is 0.368 e. The van der Waals surface area contributed by atoms with E-state index in [0.29, 0.717) is 11.3 Å². The monoisotopic (exact) mass is 192 g/mol. The van der Waals surface area contributed by atoms with E-state index in [1.54, 1.807) is 24.3 Å². The number of hydrogen-bond acceptors (Lipinski definition) is 4. The molecule has 0 amide bonds. The van der Waals surface area contributed by atoms with Gasteiger partial charge in [-0.1, -0.05) is 0 Å². The van der Waals surface area contributed by atoms with Crippen molar-refractivity contribution in [3.8, 4) is 6.07 Å². The van der Waals surface area contributed by atoms with Gasteiger partial charge in [-0.2, -0.15) is 5.26 Å². The third kappa shape index (κ3) is 5.32. The van der Waals surface area contributed by atoms with E-state index < -0.39 is 5.97 Å². The lowest BCUT2D eigenvalue weighted by Gasteiger charge is -1.88. The van der Waals surface area contributed by atoms with Crippen LogP contribution in [0.25, 0.3) is 0 Å². The summed E-state index contributed by atoms with van der Waals surface area (Å²) in [5.41, 5.74) is 6.70. The number of aldehydes is 1.